The van der Waals surface area contributed by atoms with Gasteiger partial charge in [-0.3, -0.25) is 19.3 Å². The third-order valence-corrected chi connectivity index (χ3v) is 7.54. The molecule has 1 heterocycles. The summed E-state index contributed by atoms with van der Waals surface area (Å²) in [5.74, 6) is 1.25. The molecule has 1 aliphatic heterocycles. The molecule has 8 nitrogen and oxygen atoms in total. The summed E-state index contributed by atoms with van der Waals surface area (Å²) in [6.07, 6.45) is 7.49. The Bertz CT molecular complexity index is 1320. The van der Waals surface area contributed by atoms with Crippen LogP contribution in [0.2, 0.25) is 5.02 Å². The fraction of sp³-hybridized carbons (Fsp3) is 0.200. The average Bonchev–Trinajstić information content (AvgIpc) is 3.10. The summed E-state index contributed by atoms with van der Waals surface area (Å²) in [5, 5.41) is 2.19. The highest BCUT2D eigenvalue weighted by Crippen LogP contribution is 2.35. The highest BCUT2D eigenvalue weighted by atomic mass is 127. The van der Waals surface area contributed by atoms with Crippen molar-refractivity contribution >= 4 is 103 Å². The van der Waals surface area contributed by atoms with Crippen LogP contribution in [0, 0.1) is 19.5 Å². The Kier molecular flexibility index (Phi) is 10.7. The van der Waals surface area contributed by atoms with Gasteiger partial charge in [0.15, 0.2) is 0 Å². The first-order valence-electron chi connectivity index (χ1n) is 10.7. The van der Waals surface area contributed by atoms with Crippen LogP contribution in [0.3, 0.4) is 0 Å². The Labute approximate surface area is 250 Å². The average molecular weight is 765 g/mol. The minimum absolute atomic E-state index is 0.0991. The molecular formula is C25H19ClI2N2O6S. The van der Waals surface area contributed by atoms with Gasteiger partial charge < -0.3 is 14.8 Å². The van der Waals surface area contributed by atoms with Crippen LogP contribution in [0.5, 0.6) is 5.75 Å². The first-order valence-corrected chi connectivity index (χ1v) is 14.1. The fourth-order valence-corrected chi connectivity index (χ4v) is 6.24. The Morgan fingerprint density at radius 3 is 2.57 bits per heavy atom. The van der Waals surface area contributed by atoms with Crippen LogP contribution < -0.4 is 10.1 Å². The van der Waals surface area contributed by atoms with Crippen LogP contribution in [-0.4, -0.2) is 47.7 Å². The van der Waals surface area contributed by atoms with Gasteiger partial charge in [0.25, 0.3) is 11.1 Å². The third kappa shape index (κ3) is 7.62. The van der Waals surface area contributed by atoms with Crippen molar-refractivity contribution < 1.29 is 28.7 Å². The number of carbonyl (C=O) groups excluding carboxylic acids is 4. The maximum absolute atomic E-state index is 12.9. The molecule has 37 heavy (non-hydrogen) atoms. The maximum atomic E-state index is 12.9. The van der Waals surface area contributed by atoms with E-state index in [1.807, 2.05) is 6.92 Å². The standard InChI is InChI=1S/C25H19ClI2N2O6S/c1-3-7-35-22-18(27)9-14(10-19(22)28)11-20-23(32)30(25(34)37-20)13-21(31)29-15-5-6-17(26)16(12-15)24(33)36-8-4-2/h1,5-6,9-12H,4,7-8,13H2,2H3,(H,29,31)/b20-11-. The molecule has 2 aromatic rings. The van der Waals surface area contributed by atoms with Gasteiger partial charge in [-0.1, -0.05) is 24.4 Å². The number of halogens is 3. The van der Waals surface area contributed by atoms with Crippen molar-refractivity contribution in [1.82, 2.24) is 4.90 Å². The van der Waals surface area contributed by atoms with Gasteiger partial charge in [-0.15, -0.1) is 6.42 Å². The highest BCUT2D eigenvalue weighted by molar-refractivity contribution is 14.1. The lowest BCUT2D eigenvalue weighted by Gasteiger charge is -2.13. The Morgan fingerprint density at radius 1 is 1.22 bits per heavy atom. The Morgan fingerprint density at radius 2 is 1.92 bits per heavy atom. The number of imide groups is 1. The molecule has 0 spiro atoms. The molecule has 0 aliphatic carbocycles. The number of benzene rings is 2. The number of ether oxygens (including phenoxy) is 2. The molecule has 3 amide bonds. The molecule has 0 aromatic heterocycles. The molecule has 0 unspecified atom stereocenters. The van der Waals surface area contributed by atoms with Crippen molar-refractivity contribution in [1.29, 1.82) is 0 Å². The van der Waals surface area contributed by atoms with E-state index in [0.29, 0.717) is 17.7 Å². The van der Waals surface area contributed by atoms with Gasteiger partial charge in [0, 0.05) is 5.69 Å². The van der Waals surface area contributed by atoms with Crippen LogP contribution in [0.15, 0.2) is 35.2 Å². The van der Waals surface area contributed by atoms with Crippen molar-refractivity contribution in [3.63, 3.8) is 0 Å². The number of terminal acetylenes is 1. The lowest BCUT2D eigenvalue weighted by molar-refractivity contribution is -0.127. The molecule has 0 atom stereocenters. The lowest BCUT2D eigenvalue weighted by Crippen LogP contribution is -2.36. The summed E-state index contributed by atoms with van der Waals surface area (Å²) in [6.45, 7) is 1.74. The molecule has 1 aliphatic rings. The van der Waals surface area contributed by atoms with Crippen molar-refractivity contribution in [3.8, 4) is 18.1 Å². The smallest absolute Gasteiger partial charge is 0.339 e. The predicted molar refractivity (Wildman–Crippen MR) is 160 cm³/mol. The molecule has 1 fully saturated rings. The molecule has 1 saturated heterocycles. The number of esters is 1. The lowest BCUT2D eigenvalue weighted by atomic mass is 10.2. The zero-order valence-electron chi connectivity index (χ0n) is 19.3. The molecule has 12 heteroatoms. The van der Waals surface area contributed by atoms with Gasteiger partial charge in [-0.25, -0.2) is 4.79 Å². The quantitative estimate of drug-likeness (QED) is 0.149. The van der Waals surface area contributed by atoms with Crippen LogP contribution in [-0.2, 0) is 14.3 Å². The zero-order valence-corrected chi connectivity index (χ0v) is 25.2. The monoisotopic (exact) mass is 764 g/mol. The van der Waals surface area contributed by atoms with Gasteiger partial charge >= 0.3 is 5.97 Å². The van der Waals surface area contributed by atoms with E-state index >= 15 is 0 Å². The zero-order chi connectivity index (χ0) is 27.1. The first kappa shape index (κ1) is 29.3. The van der Waals surface area contributed by atoms with Gasteiger partial charge in [-0.05, 0) is 105 Å². The van der Waals surface area contributed by atoms with Gasteiger partial charge in [-0.2, -0.15) is 0 Å². The van der Waals surface area contributed by atoms with Gasteiger partial charge in [0.1, 0.15) is 18.9 Å². The molecule has 0 bridgehead atoms. The second kappa shape index (κ2) is 13.5. The van der Waals surface area contributed by atoms with Crippen molar-refractivity contribution in [2.75, 3.05) is 25.1 Å². The molecule has 3 rings (SSSR count). The SMILES string of the molecule is C#CCOc1c(I)cc(/C=C2\SC(=O)N(CC(=O)Nc3ccc(Cl)c(C(=O)OCCC)c3)C2=O)cc1I. The van der Waals surface area contributed by atoms with Crippen LogP contribution in [0.4, 0.5) is 10.5 Å². The third-order valence-electron chi connectivity index (χ3n) is 4.70. The van der Waals surface area contributed by atoms with E-state index < -0.39 is 29.6 Å². The van der Waals surface area contributed by atoms with E-state index in [9.17, 15) is 19.2 Å². The van der Waals surface area contributed by atoms with E-state index in [2.05, 4.69) is 56.4 Å². The largest absolute Gasteiger partial charge is 0.479 e. The molecular weight excluding hydrogens is 746 g/mol. The number of hydrogen-bond donors (Lipinski definition) is 1. The first-order chi connectivity index (χ1) is 17.6. The van der Waals surface area contributed by atoms with E-state index in [1.54, 1.807) is 18.2 Å². The topological polar surface area (TPSA) is 102 Å². The molecule has 1 N–H and O–H groups in total. The highest BCUT2D eigenvalue weighted by Gasteiger charge is 2.36. The number of nitrogens with one attached hydrogen (secondary N) is 1. The maximum Gasteiger partial charge on any atom is 0.339 e. The second-order valence-corrected chi connectivity index (χ2v) is 11.2. The number of nitrogens with zero attached hydrogens (tertiary/aromatic N) is 1. The number of amides is 3. The number of thioether (sulfide) groups is 1. The minimum Gasteiger partial charge on any atom is -0.479 e. The number of anilines is 1. The van der Waals surface area contributed by atoms with E-state index in [0.717, 1.165) is 23.8 Å². The van der Waals surface area contributed by atoms with E-state index in [-0.39, 0.29) is 34.4 Å². The van der Waals surface area contributed by atoms with Gasteiger partial charge in [0.2, 0.25) is 5.91 Å². The molecule has 0 radical (unpaired) electrons. The summed E-state index contributed by atoms with van der Waals surface area (Å²) in [5.41, 5.74) is 1.07. The molecule has 2 aromatic carbocycles. The van der Waals surface area contributed by atoms with Crippen LogP contribution in [0.25, 0.3) is 6.08 Å². The summed E-state index contributed by atoms with van der Waals surface area (Å²) >= 11 is 11.0. The number of carbonyl (C=O) groups is 4. The molecule has 0 saturated carbocycles. The minimum atomic E-state index is -0.613. The van der Waals surface area contributed by atoms with E-state index in [1.165, 1.54) is 18.2 Å². The van der Waals surface area contributed by atoms with Crippen molar-refractivity contribution in [2.45, 2.75) is 13.3 Å². The Balaban J connectivity index is 1.70. The van der Waals surface area contributed by atoms with Crippen LogP contribution >= 0.6 is 68.5 Å². The normalized spacial score (nSPS) is 14.0. The van der Waals surface area contributed by atoms with E-state index in [4.69, 9.17) is 27.5 Å². The summed E-state index contributed by atoms with van der Waals surface area (Å²) < 4.78 is 12.2. The van der Waals surface area contributed by atoms with Gasteiger partial charge in [0.05, 0.1) is 29.2 Å². The summed E-state index contributed by atoms with van der Waals surface area (Å²) in [7, 11) is 0. The summed E-state index contributed by atoms with van der Waals surface area (Å²) in [4.78, 5) is 51.2. The fourth-order valence-electron chi connectivity index (χ4n) is 3.08. The molecule has 192 valence electrons. The van der Waals surface area contributed by atoms with Crippen LogP contribution in [0.1, 0.15) is 29.3 Å². The number of rotatable bonds is 9. The second-order valence-electron chi connectivity index (χ2n) is 7.45. The predicted octanol–water partition coefficient (Wildman–Crippen LogP) is 5.80. The number of hydrogen-bond acceptors (Lipinski definition) is 7. The Hall–Kier alpha value is -2.28. The van der Waals surface area contributed by atoms with Crippen molar-refractivity contribution in [2.24, 2.45) is 0 Å². The van der Waals surface area contributed by atoms with Crippen molar-refractivity contribution in [3.05, 3.63) is 58.5 Å². The summed E-state index contributed by atoms with van der Waals surface area (Å²) in [6, 6.07) is 7.95.